The van der Waals surface area contributed by atoms with E-state index in [1.54, 1.807) is 0 Å². The first kappa shape index (κ1) is 17.7. The molecule has 0 aromatic rings. The van der Waals surface area contributed by atoms with Crippen molar-refractivity contribution in [3.05, 3.63) is 0 Å². The molecule has 0 aromatic carbocycles. The van der Waals surface area contributed by atoms with Crippen molar-refractivity contribution >= 4 is 22.1 Å². The summed E-state index contributed by atoms with van der Waals surface area (Å²) in [5.41, 5.74) is -1.21. The Hall–Kier alpha value is -1.15. The highest BCUT2D eigenvalue weighted by atomic mass is 32.2. The van der Waals surface area contributed by atoms with E-state index in [4.69, 9.17) is 14.0 Å². The molecule has 4 aliphatic rings. The molecule has 2 unspecified atom stereocenters. The van der Waals surface area contributed by atoms with E-state index < -0.39 is 26.7 Å². The van der Waals surface area contributed by atoms with Crippen molar-refractivity contribution in [3.63, 3.8) is 0 Å². The van der Waals surface area contributed by atoms with Crippen LogP contribution in [0, 0.1) is 22.7 Å². The van der Waals surface area contributed by atoms with Gasteiger partial charge in [0.25, 0.3) is 10.1 Å². The highest BCUT2D eigenvalue weighted by molar-refractivity contribution is 7.85. The number of carbonyl (C=O) groups is 2. The number of hydrogen-bond acceptors (Lipinski definition) is 6. The standard InChI is InChI=1S/C16H24O7S/c1-22-13(17)15-6-11-5-12(7-15)9-16(8-11,10-15)14(18)23-3-2-4-24(19,20)21/h11-12H,2-10H2,1H3,(H,19,20,21). The van der Waals surface area contributed by atoms with Gasteiger partial charge in [0.15, 0.2) is 0 Å². The monoisotopic (exact) mass is 360 g/mol. The van der Waals surface area contributed by atoms with Crippen LogP contribution in [-0.2, 0) is 29.2 Å². The molecule has 2 atom stereocenters. The second-order valence-electron chi connectivity index (χ2n) is 7.79. The first-order chi connectivity index (χ1) is 11.2. The number of esters is 2. The second kappa shape index (κ2) is 5.98. The van der Waals surface area contributed by atoms with Gasteiger partial charge in [-0.15, -0.1) is 0 Å². The molecule has 1 N–H and O–H groups in total. The molecule has 0 aliphatic heterocycles. The lowest BCUT2D eigenvalue weighted by Gasteiger charge is -2.59. The second-order valence-corrected chi connectivity index (χ2v) is 9.36. The SMILES string of the molecule is COC(=O)C12CC3CC(C1)CC(C(=O)OCCCS(=O)(=O)O)(C3)C2. The van der Waals surface area contributed by atoms with Gasteiger partial charge in [0, 0.05) is 0 Å². The minimum absolute atomic E-state index is 0.0407. The zero-order valence-electron chi connectivity index (χ0n) is 13.8. The van der Waals surface area contributed by atoms with Crippen molar-refractivity contribution in [1.82, 2.24) is 0 Å². The minimum atomic E-state index is -4.04. The number of methoxy groups -OCH3 is 1. The van der Waals surface area contributed by atoms with Crippen LogP contribution < -0.4 is 0 Å². The van der Waals surface area contributed by atoms with Crippen molar-refractivity contribution in [1.29, 1.82) is 0 Å². The van der Waals surface area contributed by atoms with Crippen LogP contribution in [0.5, 0.6) is 0 Å². The summed E-state index contributed by atoms with van der Waals surface area (Å²) in [5, 5.41) is 0. The highest BCUT2D eigenvalue weighted by Gasteiger charge is 2.64. The molecule has 0 heterocycles. The van der Waals surface area contributed by atoms with Crippen LogP contribution in [0.2, 0.25) is 0 Å². The van der Waals surface area contributed by atoms with E-state index in [2.05, 4.69) is 0 Å². The average Bonchev–Trinajstić information content (AvgIpc) is 2.48. The van der Waals surface area contributed by atoms with Gasteiger partial charge >= 0.3 is 11.9 Å². The molecule has 4 saturated carbocycles. The molecule has 0 spiro atoms. The molecule has 0 amide bonds. The molecule has 8 heteroatoms. The lowest BCUT2D eigenvalue weighted by molar-refractivity contribution is -0.192. The molecule has 4 fully saturated rings. The molecule has 0 aromatic heterocycles. The quantitative estimate of drug-likeness (QED) is 0.435. The van der Waals surface area contributed by atoms with Gasteiger partial charge in [-0.2, -0.15) is 8.42 Å². The van der Waals surface area contributed by atoms with Crippen LogP contribution in [0.25, 0.3) is 0 Å². The molecule has 4 bridgehead atoms. The summed E-state index contributed by atoms with van der Waals surface area (Å²) in [7, 11) is -2.65. The van der Waals surface area contributed by atoms with Crippen molar-refractivity contribution in [2.45, 2.75) is 44.9 Å². The molecule has 24 heavy (non-hydrogen) atoms. The summed E-state index contributed by atoms with van der Waals surface area (Å²) in [4.78, 5) is 25.0. The third-order valence-corrected chi connectivity index (χ3v) is 6.70. The lowest BCUT2D eigenvalue weighted by Crippen LogP contribution is -2.58. The summed E-state index contributed by atoms with van der Waals surface area (Å²) in [6.45, 7) is -0.0407. The van der Waals surface area contributed by atoms with Crippen molar-refractivity contribution in [3.8, 4) is 0 Å². The summed E-state index contributed by atoms with van der Waals surface area (Å²) in [6.07, 6.45) is 4.63. The lowest BCUT2D eigenvalue weighted by atomic mass is 9.44. The van der Waals surface area contributed by atoms with E-state index in [0.29, 0.717) is 18.3 Å². The maximum Gasteiger partial charge on any atom is 0.312 e. The molecule has 4 rings (SSSR count). The topological polar surface area (TPSA) is 107 Å². The van der Waals surface area contributed by atoms with Crippen LogP contribution in [0.3, 0.4) is 0 Å². The predicted octanol–water partition coefficient (Wildman–Crippen LogP) is 1.57. The number of ether oxygens (including phenoxy) is 2. The largest absolute Gasteiger partial charge is 0.469 e. The molecule has 4 aliphatic carbocycles. The Balaban J connectivity index is 1.68. The van der Waals surface area contributed by atoms with Crippen LogP contribution in [-0.4, -0.2) is 44.4 Å². The Labute approximate surface area is 141 Å². The van der Waals surface area contributed by atoms with Gasteiger partial charge in [-0.25, -0.2) is 0 Å². The maximum atomic E-state index is 12.7. The average molecular weight is 360 g/mol. The van der Waals surface area contributed by atoms with Gasteiger partial charge in [-0.1, -0.05) is 0 Å². The van der Waals surface area contributed by atoms with E-state index in [1.807, 2.05) is 0 Å². The molecule has 0 radical (unpaired) electrons. The maximum absolute atomic E-state index is 12.7. The van der Waals surface area contributed by atoms with E-state index in [0.717, 1.165) is 32.1 Å². The van der Waals surface area contributed by atoms with E-state index in [9.17, 15) is 18.0 Å². The molecule has 0 saturated heterocycles. The Morgan fingerprint density at radius 3 is 2.12 bits per heavy atom. The van der Waals surface area contributed by atoms with Crippen LogP contribution in [0.15, 0.2) is 0 Å². The summed E-state index contributed by atoms with van der Waals surface area (Å²) >= 11 is 0. The van der Waals surface area contributed by atoms with Gasteiger partial charge in [-0.3, -0.25) is 14.1 Å². The zero-order valence-corrected chi connectivity index (χ0v) is 14.6. The summed E-state index contributed by atoms with van der Waals surface area (Å²) in [5.74, 6) is -0.295. The van der Waals surface area contributed by atoms with Crippen molar-refractivity contribution in [2.24, 2.45) is 22.7 Å². The third-order valence-electron chi connectivity index (χ3n) is 5.89. The number of rotatable bonds is 6. The van der Waals surface area contributed by atoms with Crippen LogP contribution in [0.1, 0.15) is 44.9 Å². The fraction of sp³-hybridized carbons (Fsp3) is 0.875. The Bertz CT molecular complexity index is 625. The van der Waals surface area contributed by atoms with Crippen LogP contribution in [0.4, 0.5) is 0 Å². The Morgan fingerprint density at radius 2 is 1.62 bits per heavy atom. The first-order valence-electron chi connectivity index (χ1n) is 8.39. The number of hydrogen-bond donors (Lipinski definition) is 1. The van der Waals surface area contributed by atoms with Gasteiger partial charge in [0.05, 0.1) is 30.3 Å². The fourth-order valence-corrected chi connectivity index (χ4v) is 6.00. The molecule has 136 valence electrons. The van der Waals surface area contributed by atoms with E-state index in [-0.39, 0.29) is 25.0 Å². The first-order valence-corrected chi connectivity index (χ1v) is 10.00. The van der Waals surface area contributed by atoms with Crippen molar-refractivity contribution in [2.75, 3.05) is 19.5 Å². The number of carbonyl (C=O) groups excluding carboxylic acids is 2. The molecular formula is C16H24O7S. The molecule has 7 nitrogen and oxygen atoms in total. The predicted molar refractivity (Wildman–Crippen MR) is 83.6 cm³/mol. The normalized spacial score (nSPS) is 37.2. The summed E-state index contributed by atoms with van der Waals surface area (Å²) < 4.78 is 40.5. The Kier molecular flexibility index (Phi) is 4.40. The zero-order chi connectivity index (χ0) is 17.6. The van der Waals surface area contributed by atoms with Crippen molar-refractivity contribution < 1.29 is 32.0 Å². The van der Waals surface area contributed by atoms with Gasteiger partial charge in [0.2, 0.25) is 0 Å². The van der Waals surface area contributed by atoms with E-state index in [1.165, 1.54) is 7.11 Å². The highest BCUT2D eigenvalue weighted by Crippen LogP contribution is 2.65. The summed E-state index contributed by atoms with van der Waals surface area (Å²) in [6, 6.07) is 0. The van der Waals surface area contributed by atoms with E-state index >= 15 is 0 Å². The smallest absolute Gasteiger partial charge is 0.312 e. The Morgan fingerprint density at radius 1 is 1.08 bits per heavy atom. The van der Waals surface area contributed by atoms with Crippen LogP contribution >= 0.6 is 0 Å². The third kappa shape index (κ3) is 3.18. The minimum Gasteiger partial charge on any atom is -0.469 e. The van der Waals surface area contributed by atoms with Gasteiger partial charge in [-0.05, 0) is 56.8 Å². The fourth-order valence-electron chi connectivity index (χ4n) is 5.52. The van der Waals surface area contributed by atoms with Gasteiger partial charge in [0.1, 0.15) is 0 Å². The molecular weight excluding hydrogens is 336 g/mol. The van der Waals surface area contributed by atoms with Gasteiger partial charge < -0.3 is 9.47 Å².